The Bertz CT molecular complexity index is 2310. The van der Waals surface area contributed by atoms with Crippen molar-refractivity contribution in [3.63, 3.8) is 0 Å². The first-order valence-electron chi connectivity index (χ1n) is 20.1. The fraction of sp³-hybridized carbons (Fsp3) is 0.442. The topological polar surface area (TPSA) is 206 Å². The Morgan fingerprint density at radius 3 is 1.69 bits per heavy atom. The number of aliphatic hydroxyl groups is 2. The largest absolute Gasteiger partial charge is 0.392 e. The van der Waals surface area contributed by atoms with Crippen molar-refractivity contribution in [2.24, 2.45) is 0 Å². The Labute approximate surface area is 359 Å². The molecule has 2 amide bonds. The fourth-order valence-corrected chi connectivity index (χ4v) is 8.78. The predicted octanol–water partition coefficient (Wildman–Crippen LogP) is 2.83. The third-order valence-electron chi connectivity index (χ3n) is 10.8. The third kappa shape index (κ3) is 14.3. The zero-order chi connectivity index (χ0) is 44.3. The first-order chi connectivity index (χ1) is 28.9. The molecule has 4 aromatic rings. The Morgan fingerprint density at radius 2 is 1.23 bits per heavy atom. The lowest BCUT2D eigenvalue weighted by atomic mass is 10.0. The minimum Gasteiger partial charge on any atom is -0.392 e. The van der Waals surface area contributed by atoms with Crippen molar-refractivity contribution in [1.82, 2.24) is 29.6 Å². The summed E-state index contributed by atoms with van der Waals surface area (Å²) in [7, 11) is -3.47. The van der Waals surface area contributed by atoms with Gasteiger partial charge in [-0.1, -0.05) is 60.7 Å². The summed E-state index contributed by atoms with van der Waals surface area (Å²) < 4.78 is 51.7. The Hall–Kier alpha value is -4.98. The van der Waals surface area contributed by atoms with Gasteiger partial charge in [0.05, 0.1) is 72.9 Å². The maximum atomic E-state index is 13.2. The molecule has 2 aliphatic rings. The van der Waals surface area contributed by atoms with Crippen LogP contribution < -0.4 is 9.44 Å². The van der Waals surface area contributed by atoms with Crippen molar-refractivity contribution >= 4 is 43.2 Å². The zero-order valence-electron chi connectivity index (χ0n) is 35.4. The number of likely N-dealkylation sites (N-methyl/N-ethyl adjacent to an activating group) is 2. The van der Waals surface area contributed by atoms with Crippen LogP contribution in [0.2, 0.25) is 0 Å². The number of aromatic nitrogens is 2. The van der Waals surface area contributed by atoms with Gasteiger partial charge in [0.25, 0.3) is 0 Å². The van der Waals surface area contributed by atoms with Crippen molar-refractivity contribution < 1.29 is 36.6 Å². The highest BCUT2D eigenvalue weighted by atomic mass is 32.2. The van der Waals surface area contributed by atoms with Crippen LogP contribution in [0.4, 0.5) is 11.4 Å². The fourth-order valence-electron chi connectivity index (χ4n) is 7.54. The molecule has 0 radical (unpaired) electrons. The van der Waals surface area contributed by atoms with Gasteiger partial charge in [0.15, 0.2) is 0 Å². The highest BCUT2D eigenvalue weighted by molar-refractivity contribution is 7.92. The van der Waals surface area contributed by atoms with Crippen molar-refractivity contribution in [3.8, 4) is 0 Å². The van der Waals surface area contributed by atoms with Crippen LogP contribution in [0.1, 0.15) is 52.9 Å². The summed E-state index contributed by atoms with van der Waals surface area (Å²) in [6.45, 7) is 5.77. The summed E-state index contributed by atoms with van der Waals surface area (Å²) in [5.41, 5.74) is 4.34. The molecule has 2 fully saturated rings. The molecule has 0 saturated carbocycles. The number of carbonyl (C=O) groups is 2. The number of pyridine rings is 2. The second-order valence-electron chi connectivity index (χ2n) is 15.9. The number of rotatable bonds is 16. The van der Waals surface area contributed by atoms with Crippen LogP contribution in [-0.4, -0.2) is 147 Å². The first kappa shape index (κ1) is 47.1. The number of hydrogen-bond donors (Lipinski definition) is 4. The molecule has 0 aliphatic carbocycles. The standard InChI is InChI=1S/C22H30N4O4S.C21H28N4O4S/c1-16-9-11-23-19(22(16)24-31(3,29)30)13-21(28)25(2)20(17-7-5-4-6-8-17)15-26-12-10-18(27)14-26;1-24(21(27)12-17-8-10-22-13-19(17)23-30(2,28)29)20(16-6-4-3-5-7-16)15-25-11-9-18(26)14-25/h4-9,11,18,20,24,27H,10,12-15H2,1-3H3;3-8,10,13,18,20,23,26H,9,11-12,14-15H2,1-2H3. The predicted molar refractivity (Wildman–Crippen MR) is 236 cm³/mol. The van der Waals surface area contributed by atoms with Gasteiger partial charge in [-0.25, -0.2) is 16.8 Å². The van der Waals surface area contributed by atoms with Crippen LogP contribution in [0, 0.1) is 6.92 Å². The molecule has 330 valence electrons. The van der Waals surface area contributed by atoms with Crippen molar-refractivity contribution in [3.05, 3.63) is 119 Å². The Kier molecular flexibility index (Phi) is 16.4. The second-order valence-corrected chi connectivity index (χ2v) is 19.3. The molecule has 0 spiro atoms. The quantitative estimate of drug-likeness (QED) is 0.128. The van der Waals surface area contributed by atoms with Crippen LogP contribution in [0.15, 0.2) is 91.4 Å². The van der Waals surface area contributed by atoms with E-state index in [0.29, 0.717) is 54.4 Å². The summed E-state index contributed by atoms with van der Waals surface area (Å²) in [6, 6.07) is 22.6. The molecule has 61 heavy (non-hydrogen) atoms. The lowest BCUT2D eigenvalue weighted by molar-refractivity contribution is -0.132. The van der Waals surface area contributed by atoms with Gasteiger partial charge in [-0.05, 0) is 54.2 Å². The number of benzene rings is 2. The number of aryl methyl sites for hydroxylation is 1. The van der Waals surface area contributed by atoms with Gasteiger partial charge >= 0.3 is 0 Å². The maximum Gasteiger partial charge on any atom is 0.229 e. The molecule has 18 heteroatoms. The molecular formula is C43H58N8O8S2. The summed E-state index contributed by atoms with van der Waals surface area (Å²) >= 11 is 0. The summed E-state index contributed by atoms with van der Waals surface area (Å²) in [5.74, 6) is -0.297. The summed E-state index contributed by atoms with van der Waals surface area (Å²) in [6.07, 6.45) is 7.48. The van der Waals surface area contributed by atoms with Crippen LogP contribution in [0.3, 0.4) is 0 Å². The molecule has 6 rings (SSSR count). The van der Waals surface area contributed by atoms with Crippen molar-refractivity contribution in [1.29, 1.82) is 0 Å². The van der Waals surface area contributed by atoms with Gasteiger partial charge in [0, 0.05) is 65.8 Å². The number of anilines is 2. The summed E-state index contributed by atoms with van der Waals surface area (Å²) in [5, 5.41) is 19.8. The normalized spacial score (nSPS) is 18.1. The minimum absolute atomic E-state index is 0.0258. The summed E-state index contributed by atoms with van der Waals surface area (Å²) in [4.78, 5) is 42.3. The van der Waals surface area contributed by atoms with E-state index >= 15 is 0 Å². The van der Waals surface area contributed by atoms with E-state index in [1.807, 2.05) is 60.7 Å². The van der Waals surface area contributed by atoms with Gasteiger partial charge in [-0.2, -0.15) is 0 Å². The highest BCUT2D eigenvalue weighted by Gasteiger charge is 2.30. The second kappa shape index (κ2) is 21.2. The van der Waals surface area contributed by atoms with Crippen LogP contribution >= 0.6 is 0 Å². The van der Waals surface area contributed by atoms with E-state index in [4.69, 9.17) is 0 Å². The van der Waals surface area contributed by atoms with E-state index in [2.05, 4.69) is 29.2 Å². The third-order valence-corrected chi connectivity index (χ3v) is 12.0. The minimum atomic E-state index is -3.50. The number of sulfonamides is 2. The van der Waals surface area contributed by atoms with Gasteiger partial charge in [0.1, 0.15) is 0 Å². The van der Waals surface area contributed by atoms with E-state index in [-0.39, 0.29) is 48.9 Å². The average Bonchev–Trinajstić information content (AvgIpc) is 3.83. The number of β-amino-alcohol motifs (C(OH)–C–C–N with tert-alkyl or cyclic N) is 2. The molecule has 2 aromatic heterocycles. The SMILES string of the molecule is CN(C(=O)Cc1ccncc1NS(C)(=O)=O)C(CN1CCC(O)C1)c1ccccc1.Cc1ccnc(CC(=O)N(C)C(CN2CCC(O)C2)c2ccccc2)c1NS(C)(=O)=O. The van der Waals surface area contributed by atoms with Crippen LogP contribution in [0.25, 0.3) is 0 Å². The number of carbonyl (C=O) groups excluding carboxylic acids is 2. The number of amides is 2. The van der Waals surface area contributed by atoms with E-state index < -0.39 is 20.0 Å². The van der Waals surface area contributed by atoms with Crippen molar-refractivity contribution in [2.75, 3.05) is 75.3 Å². The molecule has 4 N–H and O–H groups in total. The Morgan fingerprint density at radius 1 is 0.738 bits per heavy atom. The van der Waals surface area contributed by atoms with Gasteiger partial charge < -0.3 is 20.0 Å². The monoisotopic (exact) mass is 878 g/mol. The molecule has 16 nitrogen and oxygen atoms in total. The molecular weight excluding hydrogens is 821 g/mol. The number of aliphatic hydroxyl groups excluding tert-OH is 2. The van der Waals surface area contributed by atoms with Crippen LogP contribution in [-0.2, 0) is 42.5 Å². The molecule has 2 saturated heterocycles. The van der Waals surface area contributed by atoms with Gasteiger partial charge in [0.2, 0.25) is 31.9 Å². The first-order valence-corrected chi connectivity index (χ1v) is 23.9. The van der Waals surface area contributed by atoms with Crippen molar-refractivity contribution in [2.45, 2.75) is 56.9 Å². The van der Waals surface area contributed by atoms with E-state index in [1.54, 1.807) is 49.1 Å². The van der Waals surface area contributed by atoms with E-state index in [1.165, 1.54) is 12.4 Å². The molecule has 4 heterocycles. The highest BCUT2D eigenvalue weighted by Crippen LogP contribution is 2.27. The lowest BCUT2D eigenvalue weighted by Gasteiger charge is -2.32. The molecule has 4 atom stereocenters. The molecule has 2 aliphatic heterocycles. The maximum absolute atomic E-state index is 13.2. The lowest BCUT2D eigenvalue weighted by Crippen LogP contribution is -2.39. The van der Waals surface area contributed by atoms with Crippen LogP contribution in [0.5, 0.6) is 0 Å². The zero-order valence-corrected chi connectivity index (χ0v) is 37.0. The number of likely N-dealkylation sites (tertiary alicyclic amines) is 2. The average molecular weight is 879 g/mol. The number of nitrogens with zero attached hydrogens (tertiary/aromatic N) is 6. The smallest absolute Gasteiger partial charge is 0.229 e. The van der Waals surface area contributed by atoms with E-state index in [0.717, 1.165) is 49.6 Å². The Balaban J connectivity index is 0.000000231. The van der Waals surface area contributed by atoms with E-state index in [9.17, 15) is 36.6 Å². The molecule has 0 bridgehead atoms. The molecule has 4 unspecified atom stereocenters. The van der Waals surface area contributed by atoms with Gasteiger partial charge in [-0.3, -0.25) is 38.8 Å². The van der Waals surface area contributed by atoms with Gasteiger partial charge in [-0.15, -0.1) is 0 Å². The number of hydrogen-bond acceptors (Lipinski definition) is 12. The number of nitrogens with one attached hydrogen (secondary N) is 2. The molecule has 2 aromatic carbocycles.